The zero-order valence-corrected chi connectivity index (χ0v) is 13.3. The molecule has 1 N–H and O–H groups in total. The maximum atomic E-state index is 10.5. The molecule has 0 saturated heterocycles. The van der Waals surface area contributed by atoms with Crippen LogP contribution in [0.2, 0.25) is 0 Å². The molecule has 2 rings (SSSR count). The standard InChI is InChI=1S/C18H26O3/c1-13-4-8-15(9-5-13)18(2,3)12-14-6-10-16(11-7-14)21-17(19)20/h6-7,10-11,13,15H,4-5,8-9,12H2,1-3H3,(H,19,20). The smallest absolute Gasteiger partial charge is 0.449 e. The van der Waals surface area contributed by atoms with E-state index in [-0.39, 0.29) is 5.41 Å². The highest BCUT2D eigenvalue weighted by Crippen LogP contribution is 2.42. The maximum absolute atomic E-state index is 10.5. The number of benzene rings is 1. The van der Waals surface area contributed by atoms with Gasteiger partial charge in [0.2, 0.25) is 0 Å². The van der Waals surface area contributed by atoms with E-state index in [1.54, 1.807) is 12.1 Å². The van der Waals surface area contributed by atoms with Crippen molar-refractivity contribution in [3.63, 3.8) is 0 Å². The van der Waals surface area contributed by atoms with E-state index in [1.807, 2.05) is 12.1 Å². The Morgan fingerprint density at radius 2 is 1.76 bits per heavy atom. The van der Waals surface area contributed by atoms with E-state index < -0.39 is 6.16 Å². The first-order valence-corrected chi connectivity index (χ1v) is 7.86. The number of hydrogen-bond donors (Lipinski definition) is 1. The Labute approximate surface area is 127 Å². The topological polar surface area (TPSA) is 46.5 Å². The van der Waals surface area contributed by atoms with Crippen molar-refractivity contribution in [3.8, 4) is 5.75 Å². The highest BCUT2D eigenvalue weighted by atomic mass is 16.7. The van der Waals surface area contributed by atoms with Crippen LogP contribution in [0.15, 0.2) is 24.3 Å². The summed E-state index contributed by atoms with van der Waals surface area (Å²) >= 11 is 0. The molecular formula is C18H26O3. The summed E-state index contributed by atoms with van der Waals surface area (Å²) in [5.41, 5.74) is 1.53. The lowest BCUT2D eigenvalue weighted by Gasteiger charge is -2.39. The minimum absolute atomic E-state index is 0.287. The maximum Gasteiger partial charge on any atom is 0.511 e. The summed E-state index contributed by atoms with van der Waals surface area (Å²) in [5, 5.41) is 8.59. The quantitative estimate of drug-likeness (QED) is 0.617. The second-order valence-corrected chi connectivity index (χ2v) is 7.13. The highest BCUT2D eigenvalue weighted by Gasteiger charge is 2.32. The largest absolute Gasteiger partial charge is 0.511 e. The lowest BCUT2D eigenvalue weighted by atomic mass is 9.67. The Morgan fingerprint density at radius 1 is 1.19 bits per heavy atom. The fourth-order valence-electron chi connectivity index (χ4n) is 3.49. The molecule has 1 fully saturated rings. The first-order chi connectivity index (χ1) is 9.87. The van der Waals surface area contributed by atoms with Crippen molar-refractivity contribution >= 4 is 6.16 Å². The fraction of sp³-hybridized carbons (Fsp3) is 0.611. The van der Waals surface area contributed by atoms with Crippen LogP contribution in [0, 0.1) is 17.3 Å². The van der Waals surface area contributed by atoms with Crippen LogP contribution in [0.4, 0.5) is 4.79 Å². The van der Waals surface area contributed by atoms with Crippen LogP contribution >= 0.6 is 0 Å². The molecule has 1 saturated carbocycles. The Balaban J connectivity index is 1.97. The van der Waals surface area contributed by atoms with Crippen LogP contribution in [0.25, 0.3) is 0 Å². The van der Waals surface area contributed by atoms with Gasteiger partial charge in [0.25, 0.3) is 0 Å². The lowest BCUT2D eigenvalue weighted by molar-refractivity contribution is 0.137. The van der Waals surface area contributed by atoms with E-state index in [0.717, 1.165) is 18.3 Å². The summed E-state index contributed by atoms with van der Waals surface area (Å²) < 4.78 is 4.64. The van der Waals surface area contributed by atoms with E-state index in [0.29, 0.717) is 5.75 Å². The van der Waals surface area contributed by atoms with Gasteiger partial charge in [-0.2, -0.15) is 0 Å². The fourth-order valence-corrected chi connectivity index (χ4v) is 3.49. The van der Waals surface area contributed by atoms with Crippen molar-refractivity contribution < 1.29 is 14.6 Å². The monoisotopic (exact) mass is 290 g/mol. The molecule has 1 aromatic carbocycles. The molecule has 0 bridgehead atoms. The Kier molecular flexibility index (Phi) is 4.92. The second-order valence-electron chi connectivity index (χ2n) is 7.13. The van der Waals surface area contributed by atoms with Crippen LogP contribution in [0.1, 0.15) is 52.0 Å². The minimum atomic E-state index is -1.26. The average molecular weight is 290 g/mol. The number of carboxylic acid groups (broad SMARTS) is 1. The Bertz CT molecular complexity index is 468. The molecule has 3 nitrogen and oxygen atoms in total. The summed E-state index contributed by atoms with van der Waals surface area (Å²) in [4.78, 5) is 10.5. The van der Waals surface area contributed by atoms with Gasteiger partial charge in [-0.1, -0.05) is 45.7 Å². The van der Waals surface area contributed by atoms with E-state index in [1.165, 1.54) is 31.2 Å². The van der Waals surface area contributed by atoms with Gasteiger partial charge in [-0.25, -0.2) is 4.79 Å². The number of rotatable bonds is 4. The molecule has 0 amide bonds. The first-order valence-electron chi connectivity index (χ1n) is 7.86. The molecule has 0 spiro atoms. The molecule has 0 atom stereocenters. The summed E-state index contributed by atoms with van der Waals surface area (Å²) in [7, 11) is 0. The SMILES string of the molecule is CC1CCC(C(C)(C)Cc2ccc(OC(=O)O)cc2)CC1. The zero-order chi connectivity index (χ0) is 15.5. The number of hydrogen-bond acceptors (Lipinski definition) is 2. The molecule has 116 valence electrons. The van der Waals surface area contributed by atoms with Crippen LogP contribution in [-0.4, -0.2) is 11.3 Å². The second kappa shape index (κ2) is 6.50. The zero-order valence-electron chi connectivity index (χ0n) is 13.3. The van der Waals surface area contributed by atoms with Gasteiger partial charge in [-0.05, 0) is 54.2 Å². The third kappa shape index (κ3) is 4.48. The van der Waals surface area contributed by atoms with Gasteiger partial charge >= 0.3 is 6.16 Å². The van der Waals surface area contributed by atoms with Gasteiger partial charge in [0.15, 0.2) is 0 Å². The van der Waals surface area contributed by atoms with Crippen molar-refractivity contribution in [2.24, 2.45) is 17.3 Å². The van der Waals surface area contributed by atoms with Crippen molar-refractivity contribution in [1.82, 2.24) is 0 Å². The molecular weight excluding hydrogens is 264 g/mol. The van der Waals surface area contributed by atoms with E-state index >= 15 is 0 Å². The molecule has 0 unspecified atom stereocenters. The summed E-state index contributed by atoms with van der Waals surface area (Å²) in [6.45, 7) is 7.06. The van der Waals surface area contributed by atoms with Gasteiger partial charge in [0.05, 0.1) is 0 Å². The molecule has 1 aromatic rings. The molecule has 3 heteroatoms. The molecule has 0 aromatic heterocycles. The van der Waals surface area contributed by atoms with Gasteiger partial charge in [0.1, 0.15) is 5.75 Å². The highest BCUT2D eigenvalue weighted by molar-refractivity contribution is 5.61. The van der Waals surface area contributed by atoms with Crippen molar-refractivity contribution in [1.29, 1.82) is 0 Å². The molecule has 1 aliphatic carbocycles. The predicted molar refractivity (Wildman–Crippen MR) is 83.7 cm³/mol. The van der Waals surface area contributed by atoms with E-state index in [4.69, 9.17) is 5.11 Å². The van der Waals surface area contributed by atoms with Crippen molar-refractivity contribution in [2.75, 3.05) is 0 Å². The third-order valence-corrected chi connectivity index (χ3v) is 4.91. The predicted octanol–water partition coefficient (Wildman–Crippen LogP) is 5.14. The Hall–Kier alpha value is -1.51. The van der Waals surface area contributed by atoms with Crippen LogP contribution in [0.5, 0.6) is 5.75 Å². The number of ether oxygens (including phenoxy) is 1. The normalized spacial score (nSPS) is 22.8. The first kappa shape index (κ1) is 15.9. The summed E-state index contributed by atoms with van der Waals surface area (Å²) in [6, 6.07) is 7.43. The lowest BCUT2D eigenvalue weighted by Crippen LogP contribution is -2.30. The average Bonchev–Trinajstić information content (AvgIpc) is 2.40. The van der Waals surface area contributed by atoms with E-state index in [9.17, 15) is 4.79 Å². The molecule has 21 heavy (non-hydrogen) atoms. The third-order valence-electron chi connectivity index (χ3n) is 4.91. The van der Waals surface area contributed by atoms with E-state index in [2.05, 4.69) is 25.5 Å². The molecule has 0 aliphatic heterocycles. The van der Waals surface area contributed by atoms with Crippen LogP contribution in [-0.2, 0) is 6.42 Å². The summed E-state index contributed by atoms with van der Waals surface area (Å²) in [6.07, 6.45) is 5.11. The summed E-state index contributed by atoms with van der Waals surface area (Å²) in [5.74, 6) is 2.05. The molecule has 0 radical (unpaired) electrons. The van der Waals surface area contributed by atoms with Gasteiger partial charge in [-0.15, -0.1) is 0 Å². The van der Waals surface area contributed by atoms with Gasteiger partial charge in [-0.3, -0.25) is 0 Å². The van der Waals surface area contributed by atoms with Crippen molar-refractivity contribution in [2.45, 2.75) is 52.9 Å². The minimum Gasteiger partial charge on any atom is -0.449 e. The Morgan fingerprint density at radius 3 is 2.29 bits per heavy atom. The van der Waals surface area contributed by atoms with Gasteiger partial charge in [0, 0.05) is 0 Å². The molecule has 0 heterocycles. The van der Waals surface area contributed by atoms with Crippen LogP contribution in [0.3, 0.4) is 0 Å². The van der Waals surface area contributed by atoms with Gasteiger partial charge < -0.3 is 9.84 Å². The van der Waals surface area contributed by atoms with Crippen LogP contribution < -0.4 is 4.74 Å². The molecule has 1 aliphatic rings. The number of carbonyl (C=O) groups is 1. The van der Waals surface area contributed by atoms with Crippen molar-refractivity contribution in [3.05, 3.63) is 29.8 Å².